The van der Waals surface area contributed by atoms with Gasteiger partial charge in [-0.25, -0.2) is 15.0 Å². The number of anilines is 2. The Morgan fingerprint density at radius 2 is 1.94 bits per heavy atom. The van der Waals surface area contributed by atoms with Crippen molar-refractivity contribution in [2.45, 2.75) is 13.5 Å². The maximum absolute atomic E-state index is 8.90. The van der Waals surface area contributed by atoms with E-state index in [1.165, 1.54) is 6.33 Å². The summed E-state index contributed by atoms with van der Waals surface area (Å²) in [6, 6.07) is 15.2. The molecule has 0 atom stereocenters. The highest BCUT2D eigenvalue weighted by Gasteiger charge is 2.12. The molecule has 0 bridgehead atoms. The van der Waals surface area contributed by atoms with Crippen LogP contribution in [0.4, 0.5) is 11.5 Å². The number of nitrogens with zero attached hydrogens (tertiary/aromatic N) is 5. The van der Waals surface area contributed by atoms with Crippen molar-refractivity contribution >= 4 is 34.1 Å². The first-order valence-electron chi connectivity index (χ1n) is 11.5. The van der Waals surface area contributed by atoms with Gasteiger partial charge < -0.3 is 29.0 Å². The highest BCUT2D eigenvalue weighted by atomic mass is 35.5. The van der Waals surface area contributed by atoms with Crippen LogP contribution in [-0.4, -0.2) is 49.0 Å². The third kappa shape index (κ3) is 5.18. The molecule has 184 valence electrons. The number of aromatic nitrogens is 5. The van der Waals surface area contributed by atoms with Crippen molar-refractivity contribution in [2.24, 2.45) is 0 Å². The standard InChI is InChI=1S/C26H25ClN6O3/c1-18-28-8-10-33(18)20-3-2-4-21(16-20)36-24-6-5-19(15-22(24)27)31-26-25-23(29-17-30-26)7-9-32(25)11-13-35-14-12-34/h2-10,15-17,34H,11-14H2,1H3,(H,29,30,31). The van der Waals surface area contributed by atoms with Gasteiger partial charge in [-0.1, -0.05) is 17.7 Å². The topological polar surface area (TPSA) is 99.2 Å². The van der Waals surface area contributed by atoms with E-state index in [-0.39, 0.29) is 6.61 Å². The number of imidazole rings is 1. The third-order valence-corrected chi connectivity index (χ3v) is 5.90. The Kier molecular flexibility index (Phi) is 7.13. The summed E-state index contributed by atoms with van der Waals surface area (Å²) in [5.74, 6) is 2.75. The second-order valence-electron chi connectivity index (χ2n) is 8.02. The fourth-order valence-corrected chi connectivity index (χ4v) is 4.13. The van der Waals surface area contributed by atoms with E-state index < -0.39 is 0 Å². The Labute approximate surface area is 212 Å². The number of aryl methyl sites for hydroxylation is 1. The Balaban J connectivity index is 1.33. The lowest BCUT2D eigenvalue weighted by Crippen LogP contribution is -2.09. The number of ether oxygens (including phenoxy) is 2. The summed E-state index contributed by atoms with van der Waals surface area (Å²) in [5.41, 5.74) is 3.38. The van der Waals surface area contributed by atoms with Crippen molar-refractivity contribution in [3.8, 4) is 17.2 Å². The zero-order chi connectivity index (χ0) is 24.9. The van der Waals surface area contributed by atoms with Crippen molar-refractivity contribution in [1.29, 1.82) is 0 Å². The molecule has 0 radical (unpaired) electrons. The molecule has 2 N–H and O–H groups in total. The predicted molar refractivity (Wildman–Crippen MR) is 139 cm³/mol. The number of hydrogen-bond donors (Lipinski definition) is 2. The maximum Gasteiger partial charge on any atom is 0.158 e. The van der Waals surface area contributed by atoms with Crippen LogP contribution in [0.15, 0.2) is 73.4 Å². The number of halogens is 1. The average Bonchev–Trinajstić information content (AvgIpc) is 3.50. The van der Waals surface area contributed by atoms with Crippen molar-refractivity contribution in [1.82, 2.24) is 24.1 Å². The van der Waals surface area contributed by atoms with Crippen LogP contribution < -0.4 is 10.1 Å². The monoisotopic (exact) mass is 504 g/mol. The van der Waals surface area contributed by atoms with E-state index in [1.54, 1.807) is 12.3 Å². The zero-order valence-electron chi connectivity index (χ0n) is 19.6. The summed E-state index contributed by atoms with van der Waals surface area (Å²) in [6.45, 7) is 3.33. The second kappa shape index (κ2) is 10.8. The molecule has 0 saturated heterocycles. The van der Waals surface area contributed by atoms with Crippen molar-refractivity contribution in [2.75, 3.05) is 25.1 Å². The normalized spacial score (nSPS) is 11.2. The lowest BCUT2D eigenvalue weighted by Gasteiger charge is -2.13. The Hall–Kier alpha value is -3.92. The summed E-state index contributed by atoms with van der Waals surface area (Å²) in [5, 5.41) is 12.7. The smallest absolute Gasteiger partial charge is 0.158 e. The van der Waals surface area contributed by atoms with Gasteiger partial charge in [0.1, 0.15) is 29.2 Å². The summed E-state index contributed by atoms with van der Waals surface area (Å²) in [6.07, 6.45) is 7.13. The lowest BCUT2D eigenvalue weighted by molar-refractivity contribution is 0.0875. The third-order valence-electron chi connectivity index (χ3n) is 5.61. The number of aliphatic hydroxyl groups excluding tert-OH is 1. The predicted octanol–water partition coefficient (Wildman–Crippen LogP) is 5.12. The van der Waals surface area contributed by atoms with Gasteiger partial charge in [-0.05, 0) is 43.3 Å². The first-order valence-corrected chi connectivity index (χ1v) is 11.8. The maximum atomic E-state index is 8.90. The molecule has 0 aliphatic carbocycles. The SMILES string of the molecule is Cc1nccn1-c1cccc(Oc2ccc(Nc3ncnc4ccn(CCOCCO)c34)cc2Cl)c1. The molecule has 0 fully saturated rings. The molecule has 0 unspecified atom stereocenters. The molecule has 0 aliphatic heterocycles. The van der Waals surface area contributed by atoms with Crippen LogP contribution in [0.1, 0.15) is 5.82 Å². The van der Waals surface area contributed by atoms with E-state index in [0.717, 1.165) is 28.2 Å². The molecule has 10 heteroatoms. The van der Waals surface area contributed by atoms with E-state index in [1.807, 2.05) is 70.9 Å². The molecule has 9 nitrogen and oxygen atoms in total. The Bertz CT molecular complexity index is 1480. The van der Waals surface area contributed by atoms with Crippen LogP contribution in [0, 0.1) is 6.92 Å². The van der Waals surface area contributed by atoms with E-state index in [4.69, 9.17) is 26.2 Å². The van der Waals surface area contributed by atoms with Crippen molar-refractivity contribution < 1.29 is 14.6 Å². The highest BCUT2D eigenvalue weighted by Crippen LogP contribution is 2.34. The van der Waals surface area contributed by atoms with Crippen molar-refractivity contribution in [3.05, 3.63) is 84.3 Å². The van der Waals surface area contributed by atoms with Gasteiger partial charge in [0.25, 0.3) is 0 Å². The molecule has 5 rings (SSSR count). The molecule has 36 heavy (non-hydrogen) atoms. The zero-order valence-corrected chi connectivity index (χ0v) is 20.4. The number of fused-ring (bicyclic) bond motifs is 1. The average molecular weight is 505 g/mol. The van der Waals surface area contributed by atoms with E-state index in [0.29, 0.717) is 42.1 Å². The number of hydrogen-bond acceptors (Lipinski definition) is 7. The van der Waals surface area contributed by atoms with E-state index in [9.17, 15) is 0 Å². The van der Waals surface area contributed by atoms with Gasteiger partial charge in [0.05, 0.1) is 36.0 Å². The fraction of sp³-hybridized carbons (Fsp3) is 0.192. The number of benzene rings is 2. The first kappa shape index (κ1) is 23.8. The summed E-state index contributed by atoms with van der Waals surface area (Å²) in [7, 11) is 0. The molecule has 0 aliphatic rings. The molecule has 2 aromatic carbocycles. The quantitative estimate of drug-likeness (QED) is 0.254. The van der Waals surface area contributed by atoms with Crippen LogP contribution in [0.5, 0.6) is 11.5 Å². The number of aliphatic hydroxyl groups is 1. The first-order chi connectivity index (χ1) is 17.6. The molecule has 0 amide bonds. The lowest BCUT2D eigenvalue weighted by atomic mass is 10.2. The second-order valence-corrected chi connectivity index (χ2v) is 8.42. The fourth-order valence-electron chi connectivity index (χ4n) is 3.91. The molecule has 3 heterocycles. The molecular formula is C26H25ClN6O3. The van der Waals surface area contributed by atoms with Crippen LogP contribution in [0.2, 0.25) is 5.02 Å². The highest BCUT2D eigenvalue weighted by molar-refractivity contribution is 6.32. The summed E-state index contributed by atoms with van der Waals surface area (Å²) in [4.78, 5) is 13.1. The minimum absolute atomic E-state index is 0.00146. The van der Waals surface area contributed by atoms with Gasteiger partial charge in [-0.2, -0.15) is 0 Å². The Morgan fingerprint density at radius 3 is 2.75 bits per heavy atom. The number of nitrogens with one attached hydrogen (secondary N) is 1. The van der Waals surface area contributed by atoms with Crippen LogP contribution in [-0.2, 0) is 11.3 Å². The minimum atomic E-state index is -0.00146. The van der Waals surface area contributed by atoms with Gasteiger partial charge in [0, 0.05) is 36.9 Å². The van der Waals surface area contributed by atoms with Crippen LogP contribution >= 0.6 is 11.6 Å². The molecule has 0 spiro atoms. The van der Waals surface area contributed by atoms with Gasteiger partial charge >= 0.3 is 0 Å². The van der Waals surface area contributed by atoms with Gasteiger partial charge in [0.15, 0.2) is 5.82 Å². The molecule has 0 saturated carbocycles. The van der Waals surface area contributed by atoms with Gasteiger partial charge in [-0.3, -0.25) is 0 Å². The van der Waals surface area contributed by atoms with Crippen molar-refractivity contribution in [3.63, 3.8) is 0 Å². The number of rotatable bonds is 10. The Morgan fingerprint density at radius 1 is 1.03 bits per heavy atom. The largest absolute Gasteiger partial charge is 0.456 e. The van der Waals surface area contributed by atoms with Crippen LogP contribution in [0.3, 0.4) is 0 Å². The van der Waals surface area contributed by atoms with Gasteiger partial charge in [0.2, 0.25) is 0 Å². The van der Waals surface area contributed by atoms with E-state index in [2.05, 4.69) is 20.3 Å². The van der Waals surface area contributed by atoms with Crippen LogP contribution in [0.25, 0.3) is 16.7 Å². The van der Waals surface area contributed by atoms with E-state index >= 15 is 0 Å². The molecular weight excluding hydrogens is 480 g/mol. The summed E-state index contributed by atoms with van der Waals surface area (Å²) < 4.78 is 15.5. The van der Waals surface area contributed by atoms with Gasteiger partial charge in [-0.15, -0.1) is 0 Å². The minimum Gasteiger partial charge on any atom is -0.456 e. The molecule has 3 aromatic heterocycles. The molecule has 5 aromatic rings. The summed E-state index contributed by atoms with van der Waals surface area (Å²) >= 11 is 6.58.